The van der Waals surface area contributed by atoms with E-state index in [1.54, 1.807) is 12.4 Å². The highest BCUT2D eigenvalue weighted by molar-refractivity contribution is 7.11. The van der Waals surface area contributed by atoms with Crippen LogP contribution in [-0.2, 0) is 9.53 Å². The van der Waals surface area contributed by atoms with Gasteiger partial charge in [-0.3, -0.25) is 4.79 Å². The van der Waals surface area contributed by atoms with Gasteiger partial charge in [0.2, 0.25) is 0 Å². The number of aromatic nitrogens is 1. The third-order valence-corrected chi connectivity index (χ3v) is 5.23. The quantitative estimate of drug-likeness (QED) is 0.868. The van der Waals surface area contributed by atoms with Gasteiger partial charge in [-0.25, -0.2) is 9.78 Å². The van der Waals surface area contributed by atoms with Crippen molar-refractivity contribution in [2.75, 3.05) is 6.61 Å². The average molecular weight is 310 g/mol. The Balaban J connectivity index is 1.80. The van der Waals surface area contributed by atoms with E-state index in [0.29, 0.717) is 22.4 Å². The highest BCUT2D eigenvalue weighted by atomic mass is 32.1. The van der Waals surface area contributed by atoms with Crippen LogP contribution in [0, 0.1) is 18.8 Å². The smallest absolute Gasteiger partial charge is 0.350 e. The highest BCUT2D eigenvalue weighted by Crippen LogP contribution is 2.29. The van der Waals surface area contributed by atoms with Gasteiger partial charge >= 0.3 is 5.97 Å². The van der Waals surface area contributed by atoms with Crippen LogP contribution >= 0.6 is 11.3 Å². The van der Waals surface area contributed by atoms with Crippen molar-refractivity contribution in [1.29, 1.82) is 0 Å². The van der Waals surface area contributed by atoms with Crippen molar-refractivity contribution in [3.63, 3.8) is 0 Å². The predicted octanol–water partition coefficient (Wildman–Crippen LogP) is 2.55. The van der Waals surface area contributed by atoms with Crippen molar-refractivity contribution in [2.45, 2.75) is 46.1 Å². The van der Waals surface area contributed by atoms with Gasteiger partial charge in [-0.2, -0.15) is 0 Å². The summed E-state index contributed by atoms with van der Waals surface area (Å²) in [7, 11) is 0. The summed E-state index contributed by atoms with van der Waals surface area (Å²) in [6.07, 6.45) is 3.35. The maximum Gasteiger partial charge on any atom is 0.350 e. The summed E-state index contributed by atoms with van der Waals surface area (Å²) in [6, 6.07) is 0.185. The number of carbonyl (C=O) groups is 2. The third-order valence-electron chi connectivity index (χ3n) is 4.32. The molecule has 1 saturated carbocycles. The lowest BCUT2D eigenvalue weighted by Gasteiger charge is -2.34. The summed E-state index contributed by atoms with van der Waals surface area (Å²) in [6.45, 7) is 5.91. The second kappa shape index (κ2) is 7.02. The van der Waals surface area contributed by atoms with E-state index in [2.05, 4.69) is 24.1 Å². The monoisotopic (exact) mass is 310 g/mol. The summed E-state index contributed by atoms with van der Waals surface area (Å²) in [5.41, 5.74) is 2.23. The van der Waals surface area contributed by atoms with Crippen LogP contribution in [0.15, 0.2) is 5.51 Å². The number of aryl methyl sites for hydroxylation is 1. The molecule has 1 aliphatic rings. The molecule has 1 aromatic rings. The van der Waals surface area contributed by atoms with Crippen LogP contribution in [0.5, 0.6) is 0 Å². The fraction of sp³-hybridized carbons (Fsp3) is 0.667. The van der Waals surface area contributed by atoms with Gasteiger partial charge < -0.3 is 10.1 Å². The number of hydrogen-bond donors (Lipinski definition) is 1. The summed E-state index contributed by atoms with van der Waals surface area (Å²) >= 11 is 1.23. The van der Waals surface area contributed by atoms with E-state index >= 15 is 0 Å². The molecule has 0 spiro atoms. The first-order chi connectivity index (χ1) is 9.99. The molecule has 1 amide bonds. The fourth-order valence-electron chi connectivity index (χ4n) is 2.73. The van der Waals surface area contributed by atoms with Crippen molar-refractivity contribution in [2.24, 2.45) is 11.8 Å². The lowest BCUT2D eigenvalue weighted by molar-refractivity contribution is -0.125. The zero-order chi connectivity index (χ0) is 15.4. The molecule has 21 heavy (non-hydrogen) atoms. The minimum Gasteiger partial charge on any atom is -0.451 e. The molecule has 0 bridgehead atoms. The lowest BCUT2D eigenvalue weighted by Crippen LogP contribution is -2.45. The second-order valence-electron chi connectivity index (χ2n) is 5.78. The molecular formula is C15H22N2O3S. The van der Waals surface area contributed by atoms with Crippen LogP contribution in [-0.4, -0.2) is 29.5 Å². The molecule has 1 N–H and O–H groups in total. The molecule has 6 heteroatoms. The predicted molar refractivity (Wildman–Crippen MR) is 81.2 cm³/mol. The Bertz CT molecular complexity index is 515. The van der Waals surface area contributed by atoms with E-state index in [1.807, 2.05) is 0 Å². The molecule has 5 nitrogen and oxygen atoms in total. The second-order valence-corrected chi connectivity index (χ2v) is 6.64. The molecule has 1 aliphatic carbocycles. The number of carbonyl (C=O) groups excluding carboxylic acids is 2. The molecule has 116 valence electrons. The SMILES string of the molecule is Cc1ncsc1C(=O)OCC(=O)NC1CCCC(C)C1C. The maximum absolute atomic E-state index is 11.9. The molecule has 2 rings (SSSR count). The minimum atomic E-state index is -0.477. The normalized spacial score (nSPS) is 25.4. The van der Waals surface area contributed by atoms with Gasteiger partial charge in [-0.1, -0.05) is 26.7 Å². The van der Waals surface area contributed by atoms with Crippen molar-refractivity contribution < 1.29 is 14.3 Å². The molecule has 1 fully saturated rings. The number of amides is 1. The first-order valence-electron chi connectivity index (χ1n) is 7.35. The van der Waals surface area contributed by atoms with Gasteiger partial charge in [0.1, 0.15) is 4.88 Å². The molecule has 0 aliphatic heterocycles. The molecule has 0 aromatic carbocycles. The number of esters is 1. The third kappa shape index (κ3) is 4.03. The number of rotatable bonds is 4. The molecule has 0 saturated heterocycles. The standard InChI is InChI=1S/C15H22N2O3S/c1-9-5-4-6-12(10(9)2)17-13(18)7-20-15(19)14-11(3)16-8-21-14/h8-10,12H,4-7H2,1-3H3,(H,17,18). The molecular weight excluding hydrogens is 288 g/mol. The van der Waals surface area contributed by atoms with Crippen LogP contribution in [0.4, 0.5) is 0 Å². The molecule has 0 radical (unpaired) electrons. The van der Waals surface area contributed by atoms with Crippen molar-refractivity contribution in [1.82, 2.24) is 10.3 Å². The van der Waals surface area contributed by atoms with Crippen molar-refractivity contribution in [3.8, 4) is 0 Å². The number of nitrogens with one attached hydrogen (secondary N) is 1. The Morgan fingerprint density at radius 2 is 2.19 bits per heavy atom. The molecule has 1 aromatic heterocycles. The Morgan fingerprint density at radius 3 is 2.86 bits per heavy atom. The Labute approximate surface area is 129 Å². The number of nitrogens with zero attached hydrogens (tertiary/aromatic N) is 1. The minimum absolute atomic E-state index is 0.185. The molecule has 1 heterocycles. The molecule has 3 unspecified atom stereocenters. The van der Waals surface area contributed by atoms with Crippen molar-refractivity contribution >= 4 is 23.2 Å². The Morgan fingerprint density at radius 1 is 1.43 bits per heavy atom. The van der Waals surface area contributed by atoms with Gasteiger partial charge in [-0.05, 0) is 25.2 Å². The topological polar surface area (TPSA) is 68.3 Å². The Hall–Kier alpha value is -1.43. The maximum atomic E-state index is 11.9. The number of ether oxygens (including phenoxy) is 1. The van der Waals surface area contributed by atoms with Gasteiger partial charge in [0.15, 0.2) is 6.61 Å². The lowest BCUT2D eigenvalue weighted by atomic mass is 9.78. The van der Waals surface area contributed by atoms with Crippen molar-refractivity contribution in [3.05, 3.63) is 16.1 Å². The zero-order valence-electron chi connectivity index (χ0n) is 12.7. The zero-order valence-corrected chi connectivity index (χ0v) is 13.5. The molecule has 3 atom stereocenters. The van der Waals surface area contributed by atoms with Crippen LogP contribution in [0.3, 0.4) is 0 Å². The fourth-order valence-corrected chi connectivity index (χ4v) is 3.42. The van der Waals surface area contributed by atoms with Gasteiger partial charge in [0.25, 0.3) is 5.91 Å². The first kappa shape index (κ1) is 15.9. The van der Waals surface area contributed by atoms with E-state index in [0.717, 1.165) is 12.8 Å². The first-order valence-corrected chi connectivity index (χ1v) is 8.23. The summed E-state index contributed by atoms with van der Waals surface area (Å²) in [4.78, 5) is 28.2. The summed E-state index contributed by atoms with van der Waals surface area (Å²) in [5.74, 6) is 0.375. The van der Waals surface area contributed by atoms with E-state index in [4.69, 9.17) is 4.74 Å². The van der Waals surface area contributed by atoms with Gasteiger partial charge in [0, 0.05) is 6.04 Å². The van der Waals surface area contributed by atoms with Crippen LogP contribution in [0.25, 0.3) is 0 Å². The van der Waals surface area contributed by atoms with E-state index in [1.165, 1.54) is 17.8 Å². The summed E-state index contributed by atoms with van der Waals surface area (Å²) < 4.78 is 5.05. The average Bonchev–Trinajstić information content (AvgIpc) is 2.87. The largest absolute Gasteiger partial charge is 0.451 e. The van der Waals surface area contributed by atoms with Crippen LogP contribution < -0.4 is 5.32 Å². The van der Waals surface area contributed by atoms with Gasteiger partial charge in [-0.15, -0.1) is 11.3 Å². The Kier molecular flexibility index (Phi) is 5.33. The number of hydrogen-bond acceptors (Lipinski definition) is 5. The van der Waals surface area contributed by atoms with Crippen LogP contribution in [0.2, 0.25) is 0 Å². The van der Waals surface area contributed by atoms with Gasteiger partial charge in [0.05, 0.1) is 11.2 Å². The highest BCUT2D eigenvalue weighted by Gasteiger charge is 2.28. The van der Waals surface area contributed by atoms with E-state index in [9.17, 15) is 9.59 Å². The van der Waals surface area contributed by atoms with Crippen LogP contribution in [0.1, 0.15) is 48.5 Å². The summed E-state index contributed by atoms with van der Waals surface area (Å²) in [5, 5.41) is 2.99. The van der Waals surface area contributed by atoms with E-state index < -0.39 is 5.97 Å². The number of thiazole rings is 1. The van der Waals surface area contributed by atoms with E-state index in [-0.39, 0.29) is 18.6 Å².